The van der Waals surface area contributed by atoms with Crippen molar-refractivity contribution in [2.45, 2.75) is 20.0 Å². The summed E-state index contributed by atoms with van der Waals surface area (Å²) in [5.41, 5.74) is 1.64. The molecule has 0 amide bonds. The second kappa shape index (κ2) is 7.61. The standard InChI is InChI=1S/C19H17Br2N3O3/c1-2-24(8-11-3-4-15-16(5-11)27-10-26-15)9-17-22-18-13(19(25)23-17)6-12(20)7-14(18)21/h3-7H,2,8-10H2,1H3,(H,22,23,25). The van der Waals surface area contributed by atoms with Gasteiger partial charge in [-0.3, -0.25) is 9.69 Å². The maximum absolute atomic E-state index is 12.5. The zero-order valence-corrected chi connectivity index (χ0v) is 17.8. The number of halogens is 2. The van der Waals surface area contributed by atoms with Crippen LogP contribution in [0.1, 0.15) is 18.3 Å². The van der Waals surface area contributed by atoms with E-state index in [2.05, 4.69) is 53.7 Å². The molecular formula is C19H17Br2N3O3. The summed E-state index contributed by atoms with van der Waals surface area (Å²) in [5.74, 6) is 2.19. The van der Waals surface area contributed by atoms with Gasteiger partial charge in [-0.15, -0.1) is 0 Å². The van der Waals surface area contributed by atoms with Crippen LogP contribution in [0, 0.1) is 0 Å². The third-order valence-corrected chi connectivity index (χ3v) is 5.50. The highest BCUT2D eigenvalue weighted by atomic mass is 79.9. The number of hydrogen-bond acceptors (Lipinski definition) is 5. The van der Waals surface area contributed by atoms with Crippen molar-refractivity contribution in [2.75, 3.05) is 13.3 Å². The molecule has 27 heavy (non-hydrogen) atoms. The highest BCUT2D eigenvalue weighted by Gasteiger charge is 2.15. The fourth-order valence-corrected chi connectivity index (χ4v) is 4.39. The number of H-pyrrole nitrogens is 1. The van der Waals surface area contributed by atoms with E-state index in [0.717, 1.165) is 39.1 Å². The molecule has 0 spiro atoms. The lowest BCUT2D eigenvalue weighted by Crippen LogP contribution is -2.25. The molecule has 0 atom stereocenters. The first-order valence-corrected chi connectivity index (χ1v) is 10.1. The third kappa shape index (κ3) is 3.88. The van der Waals surface area contributed by atoms with Crippen LogP contribution in [-0.4, -0.2) is 28.2 Å². The van der Waals surface area contributed by atoms with Crippen LogP contribution in [0.5, 0.6) is 11.5 Å². The average Bonchev–Trinajstić information content (AvgIpc) is 3.10. The van der Waals surface area contributed by atoms with Gasteiger partial charge in [0.1, 0.15) is 5.82 Å². The van der Waals surface area contributed by atoms with Crippen LogP contribution in [0.15, 0.2) is 44.1 Å². The number of hydrogen-bond donors (Lipinski definition) is 1. The Balaban J connectivity index is 1.59. The molecule has 2 aromatic carbocycles. The summed E-state index contributed by atoms with van der Waals surface area (Å²) < 4.78 is 12.4. The second-order valence-corrected chi connectivity index (χ2v) is 8.06. The predicted octanol–water partition coefficient (Wildman–Crippen LogP) is 4.20. The summed E-state index contributed by atoms with van der Waals surface area (Å²) >= 11 is 6.90. The van der Waals surface area contributed by atoms with Gasteiger partial charge in [-0.1, -0.05) is 28.9 Å². The summed E-state index contributed by atoms with van der Waals surface area (Å²) in [5, 5.41) is 0.554. The molecule has 0 unspecified atom stereocenters. The Morgan fingerprint density at radius 1 is 1.15 bits per heavy atom. The van der Waals surface area contributed by atoms with Gasteiger partial charge in [0, 0.05) is 15.5 Å². The quantitative estimate of drug-likeness (QED) is 0.575. The first kappa shape index (κ1) is 18.5. The molecule has 8 heteroatoms. The van der Waals surface area contributed by atoms with E-state index >= 15 is 0 Å². The molecule has 0 radical (unpaired) electrons. The summed E-state index contributed by atoms with van der Waals surface area (Å²) in [7, 11) is 0. The van der Waals surface area contributed by atoms with Crippen LogP contribution in [0.4, 0.5) is 0 Å². The molecule has 3 aromatic rings. The minimum Gasteiger partial charge on any atom is -0.454 e. The van der Waals surface area contributed by atoms with Crippen molar-refractivity contribution < 1.29 is 9.47 Å². The van der Waals surface area contributed by atoms with Gasteiger partial charge in [0.15, 0.2) is 11.5 Å². The molecule has 1 aliphatic rings. The van der Waals surface area contributed by atoms with E-state index in [1.54, 1.807) is 6.07 Å². The van der Waals surface area contributed by atoms with Crippen LogP contribution in [-0.2, 0) is 13.1 Å². The fraction of sp³-hybridized carbons (Fsp3) is 0.263. The molecule has 0 saturated carbocycles. The molecule has 0 aliphatic carbocycles. The summed E-state index contributed by atoms with van der Waals surface area (Å²) in [6, 6.07) is 9.62. The highest BCUT2D eigenvalue weighted by molar-refractivity contribution is 9.11. The van der Waals surface area contributed by atoms with E-state index < -0.39 is 0 Å². The molecule has 140 valence electrons. The number of benzene rings is 2. The SMILES string of the molecule is CCN(Cc1ccc2c(c1)OCO2)Cc1nc2c(Br)cc(Br)cc2c(=O)[nH]1. The van der Waals surface area contributed by atoms with Gasteiger partial charge in [-0.05, 0) is 52.3 Å². The zero-order valence-electron chi connectivity index (χ0n) is 14.6. The van der Waals surface area contributed by atoms with Gasteiger partial charge >= 0.3 is 0 Å². The Kier molecular flexibility index (Phi) is 5.21. The van der Waals surface area contributed by atoms with Gasteiger partial charge in [-0.2, -0.15) is 0 Å². The number of rotatable bonds is 5. The topological polar surface area (TPSA) is 67.5 Å². The van der Waals surface area contributed by atoms with Gasteiger partial charge in [0.25, 0.3) is 5.56 Å². The molecule has 1 aromatic heterocycles. The normalized spacial score (nSPS) is 12.9. The summed E-state index contributed by atoms with van der Waals surface area (Å²) in [6.07, 6.45) is 0. The third-order valence-electron chi connectivity index (χ3n) is 4.44. The van der Waals surface area contributed by atoms with Gasteiger partial charge in [-0.25, -0.2) is 4.98 Å². The number of nitrogens with zero attached hydrogens (tertiary/aromatic N) is 2. The molecule has 1 N–H and O–H groups in total. The van der Waals surface area contributed by atoms with Crippen LogP contribution < -0.4 is 15.0 Å². The number of ether oxygens (including phenoxy) is 2. The van der Waals surface area contributed by atoms with Crippen LogP contribution in [0.2, 0.25) is 0 Å². The van der Waals surface area contributed by atoms with Crippen LogP contribution in [0.3, 0.4) is 0 Å². The van der Waals surface area contributed by atoms with Crippen molar-refractivity contribution in [2.24, 2.45) is 0 Å². The monoisotopic (exact) mass is 493 g/mol. The Hall–Kier alpha value is -1.90. The highest BCUT2D eigenvalue weighted by Crippen LogP contribution is 2.33. The van der Waals surface area contributed by atoms with Crippen molar-refractivity contribution in [3.63, 3.8) is 0 Å². The number of aromatic nitrogens is 2. The number of aromatic amines is 1. The van der Waals surface area contributed by atoms with Gasteiger partial charge in [0.05, 0.1) is 17.4 Å². The minimum atomic E-state index is -0.142. The lowest BCUT2D eigenvalue weighted by Gasteiger charge is -2.20. The fourth-order valence-electron chi connectivity index (χ4n) is 3.08. The van der Waals surface area contributed by atoms with Crippen molar-refractivity contribution in [1.82, 2.24) is 14.9 Å². The van der Waals surface area contributed by atoms with Gasteiger partial charge in [0.2, 0.25) is 6.79 Å². The lowest BCUT2D eigenvalue weighted by atomic mass is 10.2. The predicted molar refractivity (Wildman–Crippen MR) is 110 cm³/mol. The first-order chi connectivity index (χ1) is 13.0. The van der Waals surface area contributed by atoms with E-state index in [1.165, 1.54) is 0 Å². The second-order valence-electron chi connectivity index (χ2n) is 6.29. The molecule has 1 aliphatic heterocycles. The van der Waals surface area contributed by atoms with Crippen molar-refractivity contribution in [1.29, 1.82) is 0 Å². The van der Waals surface area contributed by atoms with Crippen molar-refractivity contribution in [3.05, 3.63) is 61.0 Å². The maximum atomic E-state index is 12.5. The lowest BCUT2D eigenvalue weighted by molar-refractivity contribution is 0.174. The molecule has 0 bridgehead atoms. The zero-order chi connectivity index (χ0) is 19.0. The Bertz CT molecular complexity index is 1070. The number of fused-ring (bicyclic) bond motifs is 2. The van der Waals surface area contributed by atoms with Crippen LogP contribution >= 0.6 is 31.9 Å². The molecule has 0 fully saturated rings. The summed E-state index contributed by atoms with van der Waals surface area (Å²) in [4.78, 5) is 22.2. The Morgan fingerprint density at radius 2 is 1.96 bits per heavy atom. The van der Waals surface area contributed by atoms with Gasteiger partial charge < -0.3 is 14.5 Å². The molecule has 4 rings (SSSR count). The number of nitrogens with one attached hydrogen (secondary N) is 1. The molecule has 6 nitrogen and oxygen atoms in total. The van der Waals surface area contributed by atoms with Crippen LogP contribution in [0.25, 0.3) is 10.9 Å². The van der Waals surface area contributed by atoms with E-state index in [4.69, 9.17) is 9.47 Å². The van der Waals surface area contributed by atoms with E-state index in [1.807, 2.05) is 24.3 Å². The Labute approximate surface area is 172 Å². The first-order valence-electron chi connectivity index (χ1n) is 8.52. The van der Waals surface area contributed by atoms with Crippen molar-refractivity contribution >= 4 is 42.8 Å². The molecule has 0 saturated heterocycles. The maximum Gasteiger partial charge on any atom is 0.258 e. The summed E-state index contributed by atoms with van der Waals surface area (Å²) in [6.45, 7) is 4.43. The van der Waals surface area contributed by atoms with E-state index in [-0.39, 0.29) is 12.4 Å². The van der Waals surface area contributed by atoms with E-state index in [0.29, 0.717) is 23.3 Å². The largest absolute Gasteiger partial charge is 0.454 e. The van der Waals surface area contributed by atoms with E-state index in [9.17, 15) is 4.79 Å². The smallest absolute Gasteiger partial charge is 0.258 e. The Morgan fingerprint density at radius 3 is 2.78 bits per heavy atom. The average molecular weight is 495 g/mol. The minimum absolute atomic E-state index is 0.142. The molecule has 2 heterocycles. The molecular weight excluding hydrogens is 478 g/mol. The van der Waals surface area contributed by atoms with Crippen molar-refractivity contribution in [3.8, 4) is 11.5 Å².